The zero-order valence-corrected chi connectivity index (χ0v) is 16.1. The first-order valence-corrected chi connectivity index (χ1v) is 9.94. The van der Waals surface area contributed by atoms with Gasteiger partial charge in [-0.15, -0.1) is 0 Å². The lowest BCUT2D eigenvalue weighted by atomic mass is 9.91. The van der Waals surface area contributed by atoms with Crippen LogP contribution < -0.4 is 0 Å². The molecule has 1 aliphatic heterocycles. The average molecular weight is 379 g/mol. The second kappa shape index (κ2) is 7.30. The molecule has 0 bridgehead atoms. The lowest BCUT2D eigenvalue weighted by molar-refractivity contribution is -0.149. The van der Waals surface area contributed by atoms with Gasteiger partial charge in [0.25, 0.3) is 0 Å². The smallest absolute Gasteiger partial charge is 0.410 e. The van der Waals surface area contributed by atoms with Crippen LogP contribution in [0.4, 0.5) is 4.79 Å². The van der Waals surface area contributed by atoms with Crippen molar-refractivity contribution < 1.29 is 19.4 Å². The van der Waals surface area contributed by atoms with Crippen molar-refractivity contribution in [1.82, 2.24) is 4.90 Å². The number of fused-ring (bicyclic) bond motifs is 3. The van der Waals surface area contributed by atoms with E-state index in [2.05, 4.69) is 24.3 Å². The lowest BCUT2D eigenvalue weighted by Gasteiger charge is -2.34. The number of benzene rings is 2. The van der Waals surface area contributed by atoms with E-state index in [1.807, 2.05) is 31.2 Å². The minimum absolute atomic E-state index is 0.0237. The highest BCUT2D eigenvalue weighted by Gasteiger charge is 2.50. The van der Waals surface area contributed by atoms with Crippen LogP contribution >= 0.6 is 0 Å². The zero-order chi connectivity index (χ0) is 19.7. The van der Waals surface area contributed by atoms with Gasteiger partial charge in [0.1, 0.15) is 12.1 Å². The van der Waals surface area contributed by atoms with Gasteiger partial charge in [0.15, 0.2) is 0 Å². The molecule has 2 aromatic carbocycles. The molecule has 0 saturated carbocycles. The first kappa shape index (κ1) is 18.5. The fraction of sp³-hybridized carbons (Fsp3) is 0.391. The summed E-state index contributed by atoms with van der Waals surface area (Å²) in [6.07, 6.45) is 1.82. The van der Waals surface area contributed by atoms with Crippen molar-refractivity contribution in [2.24, 2.45) is 0 Å². The van der Waals surface area contributed by atoms with Crippen LogP contribution in [0.1, 0.15) is 49.7 Å². The van der Waals surface area contributed by atoms with E-state index in [1.165, 1.54) is 16.0 Å². The van der Waals surface area contributed by atoms with E-state index in [0.29, 0.717) is 32.2 Å². The minimum Gasteiger partial charge on any atom is -0.479 e. The molecule has 0 spiro atoms. The minimum atomic E-state index is -1.13. The number of carbonyl (C=O) groups excluding carboxylic acids is 1. The number of amides is 1. The molecule has 4 rings (SSSR count). The Balaban J connectivity index is 1.55. The molecule has 2 aliphatic rings. The van der Waals surface area contributed by atoms with E-state index < -0.39 is 17.6 Å². The molecule has 28 heavy (non-hydrogen) atoms. The molecule has 1 N–H and O–H groups in total. The second-order valence-corrected chi connectivity index (χ2v) is 7.65. The van der Waals surface area contributed by atoms with Gasteiger partial charge in [0.05, 0.1) is 0 Å². The Morgan fingerprint density at radius 2 is 1.71 bits per heavy atom. The Morgan fingerprint density at radius 1 is 1.11 bits per heavy atom. The third kappa shape index (κ3) is 2.86. The molecular formula is C23H25NO4. The number of likely N-dealkylation sites (tertiary alicyclic amines) is 1. The van der Waals surface area contributed by atoms with Crippen molar-refractivity contribution in [3.05, 3.63) is 59.7 Å². The third-order valence-electron chi connectivity index (χ3n) is 6.11. The van der Waals surface area contributed by atoms with Gasteiger partial charge in [-0.1, -0.05) is 61.9 Å². The van der Waals surface area contributed by atoms with Gasteiger partial charge in [0.2, 0.25) is 0 Å². The van der Waals surface area contributed by atoms with Crippen LogP contribution in [-0.2, 0) is 9.53 Å². The van der Waals surface area contributed by atoms with E-state index in [4.69, 9.17) is 4.74 Å². The van der Waals surface area contributed by atoms with Gasteiger partial charge in [-0.05, 0) is 41.5 Å². The maximum atomic E-state index is 12.9. The molecule has 2 aromatic rings. The van der Waals surface area contributed by atoms with Gasteiger partial charge in [-0.2, -0.15) is 0 Å². The lowest BCUT2D eigenvalue weighted by Crippen LogP contribution is -2.53. The Bertz CT molecular complexity index is 863. The molecule has 1 atom stereocenters. The van der Waals surface area contributed by atoms with E-state index in [0.717, 1.165) is 11.1 Å². The number of aliphatic carboxylic acids is 1. The molecular weight excluding hydrogens is 354 g/mol. The molecule has 1 amide bonds. The van der Waals surface area contributed by atoms with Crippen LogP contribution in [0.5, 0.6) is 0 Å². The van der Waals surface area contributed by atoms with Gasteiger partial charge < -0.3 is 9.84 Å². The highest BCUT2D eigenvalue weighted by molar-refractivity contribution is 5.85. The summed E-state index contributed by atoms with van der Waals surface area (Å²) in [5.74, 6) is -0.954. The summed E-state index contributed by atoms with van der Waals surface area (Å²) in [6.45, 7) is 2.59. The van der Waals surface area contributed by atoms with Gasteiger partial charge >= 0.3 is 12.1 Å². The summed E-state index contributed by atoms with van der Waals surface area (Å²) in [5.41, 5.74) is 3.52. The molecule has 1 heterocycles. The third-order valence-corrected chi connectivity index (χ3v) is 6.11. The molecule has 1 saturated heterocycles. The van der Waals surface area contributed by atoms with E-state index in [-0.39, 0.29) is 12.5 Å². The van der Waals surface area contributed by atoms with Crippen molar-refractivity contribution in [2.45, 2.75) is 44.1 Å². The first-order valence-electron chi connectivity index (χ1n) is 9.94. The van der Waals surface area contributed by atoms with Crippen LogP contribution in [0.25, 0.3) is 11.1 Å². The summed E-state index contributed by atoms with van der Waals surface area (Å²) >= 11 is 0. The normalized spacial score (nSPS) is 20.7. The largest absolute Gasteiger partial charge is 0.479 e. The summed E-state index contributed by atoms with van der Waals surface area (Å²) < 4.78 is 5.70. The number of hydrogen-bond acceptors (Lipinski definition) is 3. The Labute approximate surface area is 164 Å². The van der Waals surface area contributed by atoms with Crippen LogP contribution in [0.3, 0.4) is 0 Å². The molecule has 5 nitrogen and oxygen atoms in total. The zero-order valence-electron chi connectivity index (χ0n) is 16.1. The maximum absolute atomic E-state index is 12.9. The molecule has 1 fully saturated rings. The fourth-order valence-corrected chi connectivity index (χ4v) is 4.82. The highest BCUT2D eigenvalue weighted by atomic mass is 16.6. The topological polar surface area (TPSA) is 66.8 Å². The summed E-state index contributed by atoms with van der Waals surface area (Å²) in [5, 5.41) is 9.80. The first-order chi connectivity index (χ1) is 13.6. The second-order valence-electron chi connectivity index (χ2n) is 7.65. The van der Waals surface area contributed by atoms with E-state index >= 15 is 0 Å². The van der Waals surface area contributed by atoms with Crippen molar-refractivity contribution in [1.29, 1.82) is 0 Å². The van der Waals surface area contributed by atoms with E-state index in [1.54, 1.807) is 0 Å². The van der Waals surface area contributed by atoms with Crippen LogP contribution in [0, 0.1) is 0 Å². The quantitative estimate of drug-likeness (QED) is 0.821. The van der Waals surface area contributed by atoms with Crippen molar-refractivity contribution in [3.8, 4) is 11.1 Å². The van der Waals surface area contributed by atoms with E-state index in [9.17, 15) is 14.7 Å². The van der Waals surface area contributed by atoms with Crippen molar-refractivity contribution in [2.75, 3.05) is 13.2 Å². The number of hydrogen-bond donors (Lipinski definition) is 1. The Kier molecular flexibility index (Phi) is 4.84. The van der Waals surface area contributed by atoms with Crippen molar-refractivity contribution >= 4 is 12.1 Å². The molecule has 5 heteroatoms. The van der Waals surface area contributed by atoms with Gasteiger partial charge in [-0.25, -0.2) is 9.59 Å². The summed E-state index contributed by atoms with van der Waals surface area (Å²) in [7, 11) is 0. The molecule has 1 aliphatic carbocycles. The predicted molar refractivity (Wildman–Crippen MR) is 106 cm³/mol. The number of nitrogens with zero attached hydrogens (tertiary/aromatic N) is 1. The van der Waals surface area contributed by atoms with Gasteiger partial charge in [0, 0.05) is 12.5 Å². The van der Waals surface area contributed by atoms with Crippen molar-refractivity contribution in [3.63, 3.8) is 0 Å². The molecule has 0 unspecified atom stereocenters. The molecule has 0 radical (unpaired) electrons. The maximum Gasteiger partial charge on any atom is 0.410 e. The monoisotopic (exact) mass is 379 g/mol. The van der Waals surface area contributed by atoms with Crippen LogP contribution in [-0.4, -0.2) is 40.8 Å². The number of ether oxygens (including phenoxy) is 1. The number of carbonyl (C=O) groups is 2. The highest BCUT2D eigenvalue weighted by Crippen LogP contribution is 2.44. The van der Waals surface area contributed by atoms with Crippen LogP contribution in [0.15, 0.2) is 48.5 Å². The number of carboxylic acids is 1. The average Bonchev–Trinajstić information content (AvgIpc) is 3.27. The standard InChI is InChI=1S/C23H25NO4/c1-2-12-23(21(25)26)13-7-14-24(23)22(27)28-15-20-18-10-5-3-8-16(18)17-9-4-6-11-19(17)20/h3-6,8-11,20H,2,7,12-15H2,1H3,(H,25,26)/t23-/m1/s1. The number of rotatable bonds is 5. The van der Waals surface area contributed by atoms with Gasteiger partial charge in [-0.3, -0.25) is 4.90 Å². The number of carboxylic acid groups (broad SMARTS) is 1. The summed E-state index contributed by atoms with van der Waals surface area (Å²) in [4.78, 5) is 26.3. The van der Waals surface area contributed by atoms with Crippen LogP contribution in [0.2, 0.25) is 0 Å². The molecule has 0 aromatic heterocycles. The SMILES string of the molecule is CCC[C@]1(C(=O)O)CCCN1C(=O)OCC1c2ccccc2-c2ccccc21. The molecule has 146 valence electrons. The predicted octanol–water partition coefficient (Wildman–Crippen LogP) is 4.65. The Hall–Kier alpha value is -2.82. The fourth-order valence-electron chi connectivity index (χ4n) is 4.82. The Morgan fingerprint density at radius 3 is 2.29 bits per heavy atom. The summed E-state index contributed by atoms with van der Waals surface area (Å²) in [6, 6.07) is 16.3.